The molecule has 0 saturated heterocycles. The molecule has 0 aliphatic rings. The Morgan fingerprint density at radius 3 is 2.58 bits per heavy atom. The number of amides is 1. The quantitative estimate of drug-likeness (QED) is 0.638. The van der Waals surface area contributed by atoms with E-state index in [0.29, 0.717) is 10.7 Å². The van der Waals surface area contributed by atoms with E-state index in [4.69, 9.17) is 0 Å². The normalized spacial score (nSPS) is 10.6. The molecular formula is C19H18N2OS2. The van der Waals surface area contributed by atoms with Gasteiger partial charge in [-0.25, -0.2) is 4.98 Å². The van der Waals surface area contributed by atoms with Crippen molar-refractivity contribution in [3.8, 4) is 11.3 Å². The molecule has 3 nitrogen and oxygen atoms in total. The standard InChI is InChI=1S/C19H18N2OS2/c1-12-4-5-13(2)16(10-12)17-11-24-19(20-17)21-18(22)14-6-8-15(23-3)9-7-14/h4-11H,1-3H3,(H,20,21,22). The number of aryl methyl sites for hydroxylation is 2. The summed E-state index contributed by atoms with van der Waals surface area (Å²) in [5.41, 5.74) is 5.01. The van der Waals surface area contributed by atoms with Gasteiger partial charge in [0.25, 0.3) is 5.91 Å². The van der Waals surface area contributed by atoms with Crippen molar-refractivity contribution in [1.29, 1.82) is 0 Å². The third-order valence-electron chi connectivity index (χ3n) is 3.75. The second-order valence-electron chi connectivity index (χ2n) is 5.54. The number of carbonyl (C=O) groups is 1. The molecule has 1 N–H and O–H groups in total. The highest BCUT2D eigenvalue weighted by Crippen LogP contribution is 2.28. The van der Waals surface area contributed by atoms with Crippen LogP contribution in [0, 0.1) is 13.8 Å². The van der Waals surface area contributed by atoms with E-state index in [2.05, 4.69) is 42.3 Å². The summed E-state index contributed by atoms with van der Waals surface area (Å²) in [6, 6.07) is 13.9. The number of carbonyl (C=O) groups excluding carboxylic acids is 1. The SMILES string of the molecule is CSc1ccc(C(=O)Nc2nc(-c3cc(C)ccc3C)cs2)cc1. The molecule has 2 aromatic carbocycles. The van der Waals surface area contributed by atoms with Crippen LogP contribution in [-0.4, -0.2) is 17.1 Å². The van der Waals surface area contributed by atoms with Crippen LogP contribution in [0.4, 0.5) is 5.13 Å². The molecule has 0 aliphatic carbocycles. The first-order chi connectivity index (χ1) is 11.6. The van der Waals surface area contributed by atoms with Crippen molar-refractivity contribution in [2.45, 2.75) is 18.7 Å². The third-order valence-corrected chi connectivity index (χ3v) is 5.25. The van der Waals surface area contributed by atoms with Gasteiger partial charge in [0.05, 0.1) is 5.69 Å². The molecule has 1 amide bonds. The number of rotatable bonds is 4. The molecule has 122 valence electrons. The summed E-state index contributed by atoms with van der Waals surface area (Å²) in [5, 5.41) is 5.48. The van der Waals surface area contributed by atoms with Gasteiger partial charge in [-0.1, -0.05) is 17.7 Å². The molecule has 0 aliphatic heterocycles. The zero-order valence-electron chi connectivity index (χ0n) is 13.8. The maximum absolute atomic E-state index is 12.3. The molecule has 24 heavy (non-hydrogen) atoms. The second-order valence-corrected chi connectivity index (χ2v) is 7.28. The number of aromatic nitrogens is 1. The fourth-order valence-corrected chi connectivity index (χ4v) is 3.49. The van der Waals surface area contributed by atoms with E-state index in [1.807, 2.05) is 35.9 Å². The molecule has 0 fully saturated rings. The Bertz CT molecular complexity index is 869. The Labute approximate surface area is 150 Å². The van der Waals surface area contributed by atoms with Crippen molar-refractivity contribution in [1.82, 2.24) is 4.98 Å². The minimum Gasteiger partial charge on any atom is -0.298 e. The van der Waals surface area contributed by atoms with Gasteiger partial charge < -0.3 is 0 Å². The molecule has 3 aromatic rings. The zero-order valence-corrected chi connectivity index (χ0v) is 15.4. The summed E-state index contributed by atoms with van der Waals surface area (Å²) in [7, 11) is 0. The molecule has 0 bridgehead atoms. The van der Waals surface area contributed by atoms with Crippen LogP contribution in [0.2, 0.25) is 0 Å². The predicted octanol–water partition coefficient (Wildman–Crippen LogP) is 5.40. The van der Waals surface area contributed by atoms with Crippen molar-refractivity contribution in [3.63, 3.8) is 0 Å². The largest absolute Gasteiger partial charge is 0.298 e. The number of hydrogen-bond donors (Lipinski definition) is 1. The molecule has 0 unspecified atom stereocenters. The number of nitrogens with one attached hydrogen (secondary N) is 1. The van der Waals surface area contributed by atoms with Crippen LogP contribution >= 0.6 is 23.1 Å². The third kappa shape index (κ3) is 3.68. The van der Waals surface area contributed by atoms with Crippen molar-refractivity contribution in [3.05, 3.63) is 64.5 Å². The first-order valence-corrected chi connectivity index (χ1v) is 9.66. The van der Waals surface area contributed by atoms with E-state index in [-0.39, 0.29) is 5.91 Å². The fourth-order valence-electron chi connectivity index (χ4n) is 2.38. The molecule has 1 aromatic heterocycles. The molecule has 5 heteroatoms. The van der Waals surface area contributed by atoms with E-state index in [1.54, 1.807) is 11.8 Å². The van der Waals surface area contributed by atoms with Crippen LogP contribution in [-0.2, 0) is 0 Å². The van der Waals surface area contributed by atoms with Gasteiger partial charge in [0.1, 0.15) is 0 Å². The summed E-state index contributed by atoms with van der Waals surface area (Å²) in [6.45, 7) is 4.13. The summed E-state index contributed by atoms with van der Waals surface area (Å²) >= 11 is 3.10. The topological polar surface area (TPSA) is 42.0 Å². The maximum atomic E-state index is 12.3. The molecular weight excluding hydrogens is 336 g/mol. The lowest BCUT2D eigenvalue weighted by Gasteiger charge is -2.04. The highest BCUT2D eigenvalue weighted by atomic mass is 32.2. The Morgan fingerprint density at radius 2 is 1.88 bits per heavy atom. The Kier molecular flexibility index (Phi) is 5.02. The predicted molar refractivity (Wildman–Crippen MR) is 103 cm³/mol. The van der Waals surface area contributed by atoms with Gasteiger partial charge in [0.2, 0.25) is 0 Å². The Morgan fingerprint density at radius 1 is 1.12 bits per heavy atom. The van der Waals surface area contributed by atoms with Gasteiger partial charge in [-0.05, 0) is 56.0 Å². The van der Waals surface area contributed by atoms with E-state index >= 15 is 0 Å². The average molecular weight is 355 g/mol. The average Bonchev–Trinajstić information content (AvgIpc) is 3.05. The molecule has 3 rings (SSSR count). The van der Waals surface area contributed by atoms with Crippen molar-refractivity contribution in [2.75, 3.05) is 11.6 Å². The molecule has 0 atom stereocenters. The van der Waals surface area contributed by atoms with Crippen LogP contribution in [0.5, 0.6) is 0 Å². The van der Waals surface area contributed by atoms with Crippen LogP contribution in [0.25, 0.3) is 11.3 Å². The van der Waals surface area contributed by atoms with Crippen LogP contribution < -0.4 is 5.32 Å². The summed E-state index contributed by atoms with van der Waals surface area (Å²) in [6.07, 6.45) is 2.01. The Hall–Kier alpha value is -2.11. The van der Waals surface area contributed by atoms with Gasteiger partial charge in [-0.3, -0.25) is 10.1 Å². The van der Waals surface area contributed by atoms with Gasteiger partial charge in [-0.15, -0.1) is 23.1 Å². The monoisotopic (exact) mass is 354 g/mol. The van der Waals surface area contributed by atoms with Gasteiger partial charge in [-0.2, -0.15) is 0 Å². The van der Waals surface area contributed by atoms with Crippen LogP contribution in [0.15, 0.2) is 52.7 Å². The lowest BCUT2D eigenvalue weighted by atomic mass is 10.0. The number of hydrogen-bond acceptors (Lipinski definition) is 4. The minimum atomic E-state index is -0.135. The van der Waals surface area contributed by atoms with Gasteiger partial charge >= 0.3 is 0 Å². The number of anilines is 1. The highest BCUT2D eigenvalue weighted by Gasteiger charge is 2.11. The van der Waals surface area contributed by atoms with E-state index in [1.165, 1.54) is 22.5 Å². The summed E-state index contributed by atoms with van der Waals surface area (Å²) in [4.78, 5) is 18.0. The van der Waals surface area contributed by atoms with Gasteiger partial charge in [0, 0.05) is 21.4 Å². The molecule has 0 saturated carbocycles. The summed E-state index contributed by atoms with van der Waals surface area (Å²) < 4.78 is 0. The first kappa shape index (κ1) is 16.7. The fraction of sp³-hybridized carbons (Fsp3) is 0.158. The van der Waals surface area contributed by atoms with Crippen molar-refractivity contribution < 1.29 is 4.79 Å². The van der Waals surface area contributed by atoms with Crippen molar-refractivity contribution in [2.24, 2.45) is 0 Å². The summed E-state index contributed by atoms with van der Waals surface area (Å²) in [5.74, 6) is -0.135. The smallest absolute Gasteiger partial charge is 0.257 e. The number of thiazole rings is 1. The lowest BCUT2D eigenvalue weighted by Crippen LogP contribution is -2.11. The Balaban J connectivity index is 1.78. The maximum Gasteiger partial charge on any atom is 0.257 e. The number of nitrogens with zero attached hydrogens (tertiary/aromatic N) is 1. The lowest BCUT2D eigenvalue weighted by molar-refractivity contribution is 0.102. The first-order valence-electron chi connectivity index (χ1n) is 7.55. The van der Waals surface area contributed by atoms with E-state index in [9.17, 15) is 4.79 Å². The number of benzene rings is 2. The van der Waals surface area contributed by atoms with Crippen LogP contribution in [0.3, 0.4) is 0 Å². The second kappa shape index (κ2) is 7.20. The van der Waals surface area contributed by atoms with Crippen molar-refractivity contribution >= 4 is 34.1 Å². The number of thioether (sulfide) groups is 1. The van der Waals surface area contributed by atoms with Gasteiger partial charge in [0.15, 0.2) is 5.13 Å². The molecule has 0 spiro atoms. The zero-order chi connectivity index (χ0) is 17.1. The highest BCUT2D eigenvalue weighted by molar-refractivity contribution is 7.98. The minimum absolute atomic E-state index is 0.135. The van der Waals surface area contributed by atoms with E-state index < -0.39 is 0 Å². The molecule has 0 radical (unpaired) electrons. The van der Waals surface area contributed by atoms with E-state index in [0.717, 1.165) is 16.2 Å². The molecule has 1 heterocycles. The van der Waals surface area contributed by atoms with Crippen LogP contribution in [0.1, 0.15) is 21.5 Å².